The molecular weight excluding hydrogens is 422 g/mol. The second-order valence-corrected chi connectivity index (χ2v) is 10.2. The van der Waals surface area contributed by atoms with Crippen molar-refractivity contribution >= 4 is 33.8 Å². The van der Waals surface area contributed by atoms with Gasteiger partial charge in [0.2, 0.25) is 5.91 Å². The molecule has 2 amide bonds. The molecule has 0 spiro atoms. The smallest absolute Gasteiger partial charge is 0.259 e. The number of likely N-dealkylation sites (tertiary alicyclic amines) is 1. The summed E-state index contributed by atoms with van der Waals surface area (Å²) in [4.78, 5) is 29.8. The summed E-state index contributed by atoms with van der Waals surface area (Å²) in [5.74, 6) is 0.965. The van der Waals surface area contributed by atoms with Crippen LogP contribution in [0.2, 0.25) is 0 Å². The van der Waals surface area contributed by atoms with Crippen LogP contribution < -0.4 is 15.4 Å². The van der Waals surface area contributed by atoms with Gasteiger partial charge in [0.15, 0.2) is 0 Å². The summed E-state index contributed by atoms with van der Waals surface area (Å²) < 4.78 is 5.39. The first-order chi connectivity index (χ1) is 15.5. The van der Waals surface area contributed by atoms with Crippen molar-refractivity contribution in [3.05, 3.63) is 40.3 Å². The van der Waals surface area contributed by atoms with Crippen molar-refractivity contribution in [3.63, 3.8) is 0 Å². The van der Waals surface area contributed by atoms with Crippen LogP contribution in [0.15, 0.2) is 24.3 Å². The van der Waals surface area contributed by atoms with Gasteiger partial charge in [-0.15, -0.1) is 11.3 Å². The van der Waals surface area contributed by atoms with E-state index in [1.807, 2.05) is 24.3 Å². The molecule has 1 saturated heterocycles. The Labute approximate surface area is 194 Å². The number of carbonyl (C=O) groups is 2. The second-order valence-electron chi connectivity index (χ2n) is 9.07. The van der Waals surface area contributed by atoms with E-state index in [1.54, 1.807) is 18.4 Å². The summed E-state index contributed by atoms with van der Waals surface area (Å²) in [6.45, 7) is 5.75. The summed E-state index contributed by atoms with van der Waals surface area (Å²) in [7, 11) is 1.59. The Kier molecular flexibility index (Phi) is 7.16. The minimum absolute atomic E-state index is 0.0447. The molecule has 2 aliphatic rings. The van der Waals surface area contributed by atoms with Gasteiger partial charge in [-0.2, -0.15) is 0 Å². The fraction of sp³-hybridized carbons (Fsp3) is 0.520. The van der Waals surface area contributed by atoms with Gasteiger partial charge in [0.05, 0.1) is 24.9 Å². The molecule has 0 bridgehead atoms. The van der Waals surface area contributed by atoms with E-state index < -0.39 is 0 Å². The quantitative estimate of drug-likeness (QED) is 0.647. The monoisotopic (exact) mass is 455 g/mol. The lowest BCUT2D eigenvalue weighted by atomic mass is 9.88. The first-order valence-corrected chi connectivity index (χ1v) is 12.4. The Morgan fingerprint density at radius 1 is 1.16 bits per heavy atom. The van der Waals surface area contributed by atoms with Crippen LogP contribution in [-0.2, 0) is 17.6 Å². The number of piperidine rings is 1. The Bertz CT molecular complexity index is 987. The molecule has 2 aromatic rings. The van der Waals surface area contributed by atoms with Crippen molar-refractivity contribution in [3.8, 4) is 5.75 Å². The number of benzene rings is 1. The molecule has 2 N–H and O–H groups in total. The summed E-state index contributed by atoms with van der Waals surface area (Å²) in [5, 5.41) is 6.77. The molecule has 2 atom stereocenters. The molecule has 1 aliphatic heterocycles. The number of nitrogens with one attached hydrogen (secondary N) is 2. The summed E-state index contributed by atoms with van der Waals surface area (Å²) in [6, 6.07) is 7.80. The van der Waals surface area contributed by atoms with Gasteiger partial charge in [-0.1, -0.05) is 25.5 Å². The maximum absolute atomic E-state index is 13.4. The van der Waals surface area contributed by atoms with Gasteiger partial charge >= 0.3 is 0 Å². The number of para-hydroxylation sites is 2. The van der Waals surface area contributed by atoms with E-state index in [1.165, 1.54) is 11.3 Å². The third-order valence-corrected chi connectivity index (χ3v) is 7.80. The van der Waals surface area contributed by atoms with E-state index in [4.69, 9.17) is 4.74 Å². The molecule has 32 heavy (non-hydrogen) atoms. The zero-order valence-electron chi connectivity index (χ0n) is 19.2. The van der Waals surface area contributed by atoms with E-state index in [0.717, 1.165) is 44.2 Å². The summed E-state index contributed by atoms with van der Waals surface area (Å²) >= 11 is 1.56. The fourth-order valence-corrected chi connectivity index (χ4v) is 6.18. The van der Waals surface area contributed by atoms with Crippen molar-refractivity contribution in [2.45, 2.75) is 58.4 Å². The highest BCUT2D eigenvalue weighted by molar-refractivity contribution is 7.17. The zero-order chi connectivity index (χ0) is 22.7. The molecule has 1 fully saturated rings. The molecule has 4 rings (SSSR count). The summed E-state index contributed by atoms with van der Waals surface area (Å²) in [6.07, 6.45) is 6.36. The van der Waals surface area contributed by atoms with Crippen LogP contribution in [0, 0.1) is 5.92 Å². The molecule has 0 unspecified atom stereocenters. The Hall–Kier alpha value is -2.38. The van der Waals surface area contributed by atoms with Crippen molar-refractivity contribution in [2.24, 2.45) is 5.92 Å². The van der Waals surface area contributed by atoms with Crippen molar-refractivity contribution in [1.82, 2.24) is 4.90 Å². The number of carbonyl (C=O) groups excluding carboxylic acids is 2. The predicted molar refractivity (Wildman–Crippen MR) is 130 cm³/mol. The van der Waals surface area contributed by atoms with E-state index in [9.17, 15) is 9.59 Å². The molecule has 172 valence electrons. The Balaban J connectivity index is 1.58. The minimum Gasteiger partial charge on any atom is -0.495 e. The second kappa shape index (κ2) is 10.0. The zero-order valence-corrected chi connectivity index (χ0v) is 20.0. The molecule has 1 aromatic carbocycles. The topological polar surface area (TPSA) is 70.7 Å². The largest absolute Gasteiger partial charge is 0.495 e. The van der Waals surface area contributed by atoms with E-state index in [0.29, 0.717) is 40.5 Å². The average Bonchev–Trinajstić information content (AvgIpc) is 3.12. The van der Waals surface area contributed by atoms with E-state index >= 15 is 0 Å². The molecule has 7 heteroatoms. The third-order valence-electron chi connectivity index (χ3n) is 6.63. The fourth-order valence-electron chi connectivity index (χ4n) is 4.75. The lowest BCUT2D eigenvalue weighted by molar-refractivity contribution is -0.118. The number of hydrogen-bond acceptors (Lipinski definition) is 5. The van der Waals surface area contributed by atoms with Gasteiger partial charge in [-0.05, 0) is 69.2 Å². The van der Waals surface area contributed by atoms with Crippen LogP contribution >= 0.6 is 11.3 Å². The first-order valence-electron chi connectivity index (χ1n) is 11.6. The predicted octanol–water partition coefficient (Wildman–Crippen LogP) is 4.95. The highest BCUT2D eigenvalue weighted by atomic mass is 32.1. The Morgan fingerprint density at radius 2 is 1.97 bits per heavy atom. The van der Waals surface area contributed by atoms with E-state index in [-0.39, 0.29) is 11.8 Å². The number of thiophene rings is 1. The van der Waals surface area contributed by atoms with Crippen molar-refractivity contribution in [1.29, 1.82) is 0 Å². The number of nitrogens with zero attached hydrogens (tertiary/aromatic N) is 1. The van der Waals surface area contributed by atoms with Crippen LogP contribution in [-0.4, -0.2) is 43.0 Å². The Morgan fingerprint density at radius 3 is 2.75 bits per heavy atom. The lowest BCUT2D eigenvalue weighted by Crippen LogP contribution is -2.42. The van der Waals surface area contributed by atoms with Gasteiger partial charge in [0.25, 0.3) is 5.91 Å². The van der Waals surface area contributed by atoms with Crippen LogP contribution in [0.25, 0.3) is 0 Å². The standard InChI is InChI=1S/C25H33N3O3S/c1-16-11-12-18-21(14-16)32-25(27-22(29)15-28-13-7-6-8-17(28)2)23(18)24(30)26-19-9-4-5-10-20(19)31-3/h4-5,9-10,16-17H,6-8,11-15H2,1-3H3,(H,26,30)(H,27,29)/t16-,17-/m1/s1. The summed E-state index contributed by atoms with van der Waals surface area (Å²) in [5.41, 5.74) is 2.33. The van der Waals surface area contributed by atoms with Crippen molar-refractivity contribution in [2.75, 3.05) is 30.8 Å². The highest BCUT2D eigenvalue weighted by Crippen LogP contribution is 2.40. The van der Waals surface area contributed by atoms with Crippen LogP contribution in [0.4, 0.5) is 10.7 Å². The number of ether oxygens (including phenoxy) is 1. The van der Waals surface area contributed by atoms with Gasteiger partial charge in [0, 0.05) is 10.9 Å². The molecule has 6 nitrogen and oxygen atoms in total. The van der Waals surface area contributed by atoms with Gasteiger partial charge in [-0.25, -0.2) is 0 Å². The maximum atomic E-state index is 13.4. The van der Waals surface area contributed by atoms with Crippen LogP contribution in [0.5, 0.6) is 5.75 Å². The first kappa shape index (κ1) is 22.8. The molecular formula is C25H33N3O3S. The average molecular weight is 456 g/mol. The highest BCUT2D eigenvalue weighted by Gasteiger charge is 2.29. The van der Waals surface area contributed by atoms with E-state index in [2.05, 4.69) is 29.4 Å². The SMILES string of the molecule is COc1ccccc1NC(=O)c1c(NC(=O)CN2CCCC[C@H]2C)sc2c1CC[C@@H](C)C2. The minimum atomic E-state index is -0.191. The number of fused-ring (bicyclic) bond motifs is 1. The number of hydrogen-bond donors (Lipinski definition) is 2. The number of methoxy groups -OCH3 is 1. The van der Waals surface area contributed by atoms with Gasteiger partial charge < -0.3 is 15.4 Å². The van der Waals surface area contributed by atoms with Gasteiger partial charge in [-0.3, -0.25) is 14.5 Å². The number of anilines is 2. The number of amides is 2. The molecule has 0 saturated carbocycles. The van der Waals surface area contributed by atoms with Crippen molar-refractivity contribution < 1.29 is 14.3 Å². The lowest BCUT2D eigenvalue weighted by Gasteiger charge is -2.32. The molecule has 1 aliphatic carbocycles. The molecule has 0 radical (unpaired) electrons. The van der Waals surface area contributed by atoms with Crippen LogP contribution in [0.1, 0.15) is 60.3 Å². The number of rotatable bonds is 6. The normalized spacial score (nSPS) is 21.0. The van der Waals surface area contributed by atoms with Gasteiger partial charge in [0.1, 0.15) is 10.8 Å². The third kappa shape index (κ3) is 4.99. The molecule has 2 heterocycles. The molecule has 1 aromatic heterocycles. The van der Waals surface area contributed by atoms with Crippen LogP contribution in [0.3, 0.4) is 0 Å². The maximum Gasteiger partial charge on any atom is 0.259 e.